The molecule has 1 N–H and O–H groups in total. The van der Waals surface area contributed by atoms with Crippen LogP contribution < -0.4 is 5.32 Å². The predicted molar refractivity (Wildman–Crippen MR) is 83.0 cm³/mol. The molecule has 2 atom stereocenters. The van der Waals surface area contributed by atoms with E-state index < -0.39 is 5.54 Å². The average molecular weight is 267 g/mol. The van der Waals surface area contributed by atoms with Gasteiger partial charge in [0.25, 0.3) is 0 Å². The zero-order chi connectivity index (χ0) is 15.1. The molecule has 112 valence electrons. The molecular weight excluding hydrogens is 234 g/mol. The predicted octanol–water partition coefficient (Wildman–Crippen LogP) is 3.27. The molecule has 0 saturated carbocycles. The second kappa shape index (κ2) is 8.55. The van der Waals surface area contributed by atoms with E-state index in [-0.39, 0.29) is 0 Å². The number of nitrogens with one attached hydrogen (secondary N) is 1. The molecular formula is C16H33N3. The van der Waals surface area contributed by atoms with Crippen molar-refractivity contribution in [1.82, 2.24) is 10.2 Å². The molecule has 0 rings (SSSR count). The highest BCUT2D eigenvalue weighted by atomic mass is 15.2. The van der Waals surface area contributed by atoms with Gasteiger partial charge in [-0.2, -0.15) is 5.26 Å². The number of nitrogens with zero attached hydrogens (tertiary/aromatic N) is 2. The zero-order valence-electron chi connectivity index (χ0n) is 14.0. The Hall–Kier alpha value is -0.590. The molecule has 0 bridgehead atoms. The Morgan fingerprint density at radius 1 is 1.11 bits per heavy atom. The summed E-state index contributed by atoms with van der Waals surface area (Å²) in [6.45, 7) is 18.4. The van der Waals surface area contributed by atoms with E-state index in [9.17, 15) is 5.26 Å². The Labute approximate surface area is 120 Å². The van der Waals surface area contributed by atoms with Gasteiger partial charge in [-0.15, -0.1) is 0 Å². The lowest BCUT2D eigenvalue weighted by molar-refractivity contribution is 0.143. The summed E-state index contributed by atoms with van der Waals surface area (Å²) < 4.78 is 0. The number of hydrogen-bond donors (Lipinski definition) is 1. The molecule has 0 fully saturated rings. The molecule has 0 aromatic heterocycles. The fraction of sp³-hybridized carbons (Fsp3) is 0.938. The lowest BCUT2D eigenvalue weighted by Crippen LogP contribution is -2.48. The van der Waals surface area contributed by atoms with E-state index in [0.717, 1.165) is 26.1 Å². The van der Waals surface area contributed by atoms with Crippen molar-refractivity contribution >= 4 is 0 Å². The molecule has 0 aliphatic rings. The molecule has 0 aromatic carbocycles. The number of hydrogen-bond acceptors (Lipinski definition) is 3. The first-order chi connectivity index (χ1) is 8.74. The van der Waals surface area contributed by atoms with E-state index in [1.165, 1.54) is 0 Å². The van der Waals surface area contributed by atoms with Crippen LogP contribution in [0.15, 0.2) is 0 Å². The summed E-state index contributed by atoms with van der Waals surface area (Å²) in [4.78, 5) is 2.53. The molecule has 0 heterocycles. The fourth-order valence-electron chi connectivity index (χ4n) is 2.64. The van der Waals surface area contributed by atoms with Gasteiger partial charge in [-0.05, 0) is 38.6 Å². The molecule has 0 aliphatic carbocycles. The maximum atomic E-state index is 9.38. The Bertz CT molecular complexity index is 270. The van der Waals surface area contributed by atoms with Crippen molar-refractivity contribution in [2.75, 3.05) is 19.6 Å². The van der Waals surface area contributed by atoms with E-state index in [1.807, 2.05) is 6.92 Å². The Kier molecular flexibility index (Phi) is 8.29. The summed E-state index contributed by atoms with van der Waals surface area (Å²) in [6, 6.07) is 2.86. The second-order valence-corrected chi connectivity index (χ2v) is 6.77. The van der Waals surface area contributed by atoms with E-state index in [0.29, 0.717) is 17.9 Å². The maximum absolute atomic E-state index is 9.38. The summed E-state index contributed by atoms with van der Waals surface area (Å²) in [6.07, 6.45) is 0.872. The van der Waals surface area contributed by atoms with E-state index in [4.69, 9.17) is 0 Å². The molecule has 3 heteroatoms. The number of nitriles is 1. The van der Waals surface area contributed by atoms with Crippen LogP contribution in [0.4, 0.5) is 0 Å². The summed E-state index contributed by atoms with van der Waals surface area (Å²) in [7, 11) is 0. The summed E-state index contributed by atoms with van der Waals surface area (Å²) in [5.74, 6) is 1.32. The quantitative estimate of drug-likeness (QED) is 0.697. The normalized spacial score (nSPS) is 16.7. The highest BCUT2D eigenvalue weighted by Gasteiger charge is 2.28. The van der Waals surface area contributed by atoms with Crippen molar-refractivity contribution < 1.29 is 0 Å². The molecule has 3 nitrogen and oxygen atoms in total. The summed E-state index contributed by atoms with van der Waals surface area (Å²) in [5.41, 5.74) is -0.416. The Balaban J connectivity index is 4.70. The van der Waals surface area contributed by atoms with Crippen LogP contribution in [-0.4, -0.2) is 36.1 Å². The van der Waals surface area contributed by atoms with Gasteiger partial charge in [0.1, 0.15) is 5.54 Å². The largest absolute Gasteiger partial charge is 0.300 e. The van der Waals surface area contributed by atoms with Crippen molar-refractivity contribution in [2.45, 2.75) is 66.5 Å². The first-order valence-corrected chi connectivity index (χ1v) is 7.64. The zero-order valence-corrected chi connectivity index (χ0v) is 14.0. The van der Waals surface area contributed by atoms with Crippen LogP contribution in [0.5, 0.6) is 0 Å². The van der Waals surface area contributed by atoms with E-state index >= 15 is 0 Å². The third kappa shape index (κ3) is 7.54. The van der Waals surface area contributed by atoms with Gasteiger partial charge in [0.15, 0.2) is 0 Å². The first kappa shape index (κ1) is 18.4. The third-order valence-electron chi connectivity index (χ3n) is 3.34. The first-order valence-electron chi connectivity index (χ1n) is 7.64. The highest BCUT2D eigenvalue weighted by molar-refractivity contribution is 5.05. The molecule has 0 saturated heterocycles. The van der Waals surface area contributed by atoms with Crippen molar-refractivity contribution in [3.05, 3.63) is 0 Å². The van der Waals surface area contributed by atoms with Crippen LogP contribution in [0.1, 0.15) is 54.9 Å². The van der Waals surface area contributed by atoms with Crippen LogP contribution in [-0.2, 0) is 0 Å². The van der Waals surface area contributed by atoms with Gasteiger partial charge in [0.05, 0.1) is 6.07 Å². The maximum Gasteiger partial charge on any atom is 0.105 e. The minimum atomic E-state index is -0.416. The van der Waals surface area contributed by atoms with Crippen LogP contribution in [0.2, 0.25) is 0 Å². The average Bonchev–Trinajstić information content (AvgIpc) is 2.27. The minimum absolute atomic E-state index is 0.416. The number of rotatable bonds is 9. The van der Waals surface area contributed by atoms with Gasteiger partial charge in [-0.3, -0.25) is 5.32 Å². The molecule has 0 aromatic rings. The second-order valence-electron chi connectivity index (χ2n) is 6.77. The highest BCUT2D eigenvalue weighted by Crippen LogP contribution is 2.18. The topological polar surface area (TPSA) is 39.1 Å². The van der Waals surface area contributed by atoms with Gasteiger partial charge < -0.3 is 4.90 Å². The Morgan fingerprint density at radius 3 is 1.89 bits per heavy atom. The van der Waals surface area contributed by atoms with E-state index in [1.54, 1.807) is 0 Å². The minimum Gasteiger partial charge on any atom is -0.300 e. The molecule has 0 aliphatic heterocycles. The van der Waals surface area contributed by atoms with Crippen molar-refractivity contribution in [2.24, 2.45) is 11.8 Å². The summed E-state index contributed by atoms with van der Waals surface area (Å²) >= 11 is 0. The van der Waals surface area contributed by atoms with Crippen LogP contribution in [0.3, 0.4) is 0 Å². The van der Waals surface area contributed by atoms with Crippen molar-refractivity contribution in [1.29, 1.82) is 5.26 Å². The van der Waals surface area contributed by atoms with E-state index in [2.05, 4.69) is 57.8 Å². The monoisotopic (exact) mass is 267 g/mol. The smallest absolute Gasteiger partial charge is 0.105 e. The third-order valence-corrected chi connectivity index (χ3v) is 3.34. The van der Waals surface area contributed by atoms with Gasteiger partial charge in [0.2, 0.25) is 0 Å². The van der Waals surface area contributed by atoms with Gasteiger partial charge >= 0.3 is 0 Å². The molecule has 19 heavy (non-hydrogen) atoms. The standard InChI is InChI=1S/C16H33N3/c1-8-18-16(7,12-17)9-15(6)19(10-13(2)3)11-14(4)5/h13-15,18H,8-11H2,1-7H3. The Morgan fingerprint density at radius 2 is 1.58 bits per heavy atom. The molecule has 0 spiro atoms. The van der Waals surface area contributed by atoms with Gasteiger partial charge in [-0.25, -0.2) is 0 Å². The lowest BCUT2D eigenvalue weighted by Gasteiger charge is -2.36. The molecule has 0 amide bonds. The van der Waals surface area contributed by atoms with Crippen LogP contribution in [0.25, 0.3) is 0 Å². The SMILES string of the molecule is CCNC(C)(C#N)CC(C)N(CC(C)C)CC(C)C. The molecule has 0 radical (unpaired) electrons. The fourth-order valence-corrected chi connectivity index (χ4v) is 2.64. The van der Waals surface area contributed by atoms with Crippen LogP contribution in [0, 0.1) is 23.2 Å². The van der Waals surface area contributed by atoms with Crippen molar-refractivity contribution in [3.63, 3.8) is 0 Å². The molecule has 2 unspecified atom stereocenters. The van der Waals surface area contributed by atoms with Gasteiger partial charge in [-0.1, -0.05) is 34.6 Å². The lowest BCUT2D eigenvalue weighted by atomic mass is 9.93. The summed E-state index contributed by atoms with van der Waals surface area (Å²) in [5, 5.41) is 12.7. The van der Waals surface area contributed by atoms with Crippen LogP contribution >= 0.6 is 0 Å². The van der Waals surface area contributed by atoms with Gasteiger partial charge in [0, 0.05) is 19.1 Å². The van der Waals surface area contributed by atoms with Crippen molar-refractivity contribution in [3.8, 4) is 6.07 Å².